The molecule has 2 nitrogen and oxygen atoms in total. The molecule has 0 saturated heterocycles. The van der Waals surface area contributed by atoms with Gasteiger partial charge in [-0.05, 0) is 61.9 Å². The van der Waals surface area contributed by atoms with Gasteiger partial charge in [0, 0.05) is 22.7 Å². The van der Waals surface area contributed by atoms with Gasteiger partial charge in [-0.1, -0.05) is 35.9 Å². The van der Waals surface area contributed by atoms with Gasteiger partial charge in [0.1, 0.15) is 0 Å². The molecule has 0 spiro atoms. The van der Waals surface area contributed by atoms with Gasteiger partial charge in [0.25, 0.3) is 0 Å². The third-order valence-electron chi connectivity index (χ3n) is 3.65. The molecule has 110 valence electrons. The van der Waals surface area contributed by atoms with Crippen LogP contribution in [0.5, 0.6) is 0 Å². The molecule has 0 aliphatic carbocycles. The number of para-hydroxylation sites is 1. The summed E-state index contributed by atoms with van der Waals surface area (Å²) in [6.07, 6.45) is 0. The molecule has 0 aliphatic rings. The molecule has 2 N–H and O–H groups in total. The van der Waals surface area contributed by atoms with Gasteiger partial charge in [-0.2, -0.15) is 0 Å². The molecule has 0 bridgehead atoms. The van der Waals surface area contributed by atoms with E-state index in [4.69, 9.17) is 0 Å². The maximum absolute atomic E-state index is 3.44. The maximum Gasteiger partial charge on any atom is 0.0413 e. The summed E-state index contributed by atoms with van der Waals surface area (Å²) in [5.41, 5.74) is 6.92. The van der Waals surface area contributed by atoms with Crippen molar-refractivity contribution in [2.75, 3.05) is 10.6 Å². The predicted molar refractivity (Wildman–Crippen MR) is 95.4 cm³/mol. The van der Waals surface area contributed by atoms with E-state index >= 15 is 0 Å². The molecule has 3 aromatic carbocycles. The van der Waals surface area contributed by atoms with Gasteiger partial charge in [0.2, 0.25) is 0 Å². The van der Waals surface area contributed by atoms with Crippen LogP contribution >= 0.6 is 0 Å². The molecule has 0 unspecified atom stereocenters. The number of hydrogen-bond acceptors (Lipinski definition) is 2. The third kappa shape index (κ3) is 3.47. The number of anilines is 4. The Hall–Kier alpha value is -2.74. The lowest BCUT2D eigenvalue weighted by Gasteiger charge is -2.11. The van der Waals surface area contributed by atoms with E-state index in [2.05, 4.69) is 91.2 Å². The highest BCUT2D eigenvalue weighted by Crippen LogP contribution is 2.23. The molecular weight excluding hydrogens is 268 g/mol. The van der Waals surface area contributed by atoms with Crippen molar-refractivity contribution in [3.05, 3.63) is 83.9 Å². The molecule has 22 heavy (non-hydrogen) atoms. The van der Waals surface area contributed by atoms with Gasteiger partial charge >= 0.3 is 0 Å². The van der Waals surface area contributed by atoms with Crippen LogP contribution in [0.25, 0.3) is 0 Å². The van der Waals surface area contributed by atoms with E-state index in [9.17, 15) is 0 Å². The van der Waals surface area contributed by atoms with Crippen LogP contribution < -0.4 is 10.6 Å². The largest absolute Gasteiger partial charge is 0.356 e. The van der Waals surface area contributed by atoms with E-state index < -0.39 is 0 Å². The Labute approximate surface area is 131 Å². The van der Waals surface area contributed by atoms with Crippen molar-refractivity contribution >= 4 is 22.7 Å². The Kier molecular flexibility index (Phi) is 4.10. The molecule has 3 rings (SSSR count). The molecule has 0 amide bonds. The van der Waals surface area contributed by atoms with Crippen LogP contribution in [-0.2, 0) is 0 Å². The molecule has 0 aliphatic heterocycles. The van der Waals surface area contributed by atoms with Crippen LogP contribution in [0.4, 0.5) is 22.7 Å². The third-order valence-corrected chi connectivity index (χ3v) is 3.65. The highest BCUT2D eigenvalue weighted by atomic mass is 14.9. The minimum atomic E-state index is 1.08. The standard InChI is InChI=1S/C20H20N2/c1-15-7-9-17(10-8-15)21-18-11-13-19(14-12-18)22-20-6-4-3-5-16(20)2/h3-14,21-22H,1-2H3. The molecule has 0 fully saturated rings. The summed E-state index contributed by atoms with van der Waals surface area (Å²) in [7, 11) is 0. The summed E-state index contributed by atoms with van der Waals surface area (Å²) in [4.78, 5) is 0. The Balaban J connectivity index is 1.70. The highest BCUT2D eigenvalue weighted by Gasteiger charge is 1.99. The minimum absolute atomic E-state index is 1.08. The van der Waals surface area contributed by atoms with E-state index in [0.717, 1.165) is 22.7 Å². The first kappa shape index (κ1) is 14.2. The van der Waals surface area contributed by atoms with Crippen molar-refractivity contribution in [2.45, 2.75) is 13.8 Å². The maximum atomic E-state index is 3.44. The summed E-state index contributed by atoms with van der Waals surface area (Å²) in [6, 6.07) is 25.0. The fourth-order valence-corrected chi connectivity index (χ4v) is 2.31. The van der Waals surface area contributed by atoms with Crippen molar-refractivity contribution < 1.29 is 0 Å². The van der Waals surface area contributed by atoms with E-state index in [1.54, 1.807) is 0 Å². The number of nitrogens with one attached hydrogen (secondary N) is 2. The summed E-state index contributed by atoms with van der Waals surface area (Å²) >= 11 is 0. The molecule has 2 heteroatoms. The summed E-state index contributed by atoms with van der Waals surface area (Å²) < 4.78 is 0. The van der Waals surface area contributed by atoms with Gasteiger partial charge in [-0.3, -0.25) is 0 Å². The van der Waals surface area contributed by atoms with Gasteiger partial charge in [0.15, 0.2) is 0 Å². The molecule has 0 aromatic heterocycles. The van der Waals surface area contributed by atoms with Crippen molar-refractivity contribution in [1.82, 2.24) is 0 Å². The smallest absolute Gasteiger partial charge is 0.0413 e. The first-order valence-electron chi connectivity index (χ1n) is 7.47. The van der Waals surface area contributed by atoms with Crippen LogP contribution in [0, 0.1) is 13.8 Å². The van der Waals surface area contributed by atoms with E-state index in [-0.39, 0.29) is 0 Å². The van der Waals surface area contributed by atoms with Crippen LogP contribution in [0.1, 0.15) is 11.1 Å². The van der Waals surface area contributed by atoms with E-state index in [1.807, 2.05) is 6.07 Å². The summed E-state index contributed by atoms with van der Waals surface area (Å²) in [6.45, 7) is 4.20. The predicted octanol–water partition coefficient (Wildman–Crippen LogP) is 5.79. The lowest BCUT2D eigenvalue weighted by Crippen LogP contribution is -1.94. The highest BCUT2D eigenvalue weighted by molar-refractivity contribution is 5.67. The average molecular weight is 288 g/mol. The molecule has 0 atom stereocenters. The zero-order valence-corrected chi connectivity index (χ0v) is 12.9. The van der Waals surface area contributed by atoms with Gasteiger partial charge in [-0.15, -0.1) is 0 Å². The van der Waals surface area contributed by atoms with Gasteiger partial charge in [-0.25, -0.2) is 0 Å². The van der Waals surface area contributed by atoms with Crippen molar-refractivity contribution in [3.8, 4) is 0 Å². The van der Waals surface area contributed by atoms with E-state index in [1.165, 1.54) is 11.1 Å². The normalized spacial score (nSPS) is 10.3. The SMILES string of the molecule is Cc1ccc(Nc2ccc(Nc3ccccc3C)cc2)cc1. The number of benzene rings is 3. The second-order valence-electron chi connectivity index (χ2n) is 5.51. The minimum Gasteiger partial charge on any atom is -0.356 e. The topological polar surface area (TPSA) is 24.1 Å². The molecule has 3 aromatic rings. The molecule has 0 radical (unpaired) electrons. The van der Waals surface area contributed by atoms with Gasteiger partial charge in [0.05, 0.1) is 0 Å². The fraction of sp³-hybridized carbons (Fsp3) is 0.100. The lowest BCUT2D eigenvalue weighted by molar-refractivity contribution is 1.43. The molecule has 0 saturated carbocycles. The number of rotatable bonds is 4. The average Bonchev–Trinajstić information content (AvgIpc) is 2.54. The molecule has 0 heterocycles. The van der Waals surface area contributed by atoms with Crippen molar-refractivity contribution in [2.24, 2.45) is 0 Å². The van der Waals surface area contributed by atoms with Gasteiger partial charge < -0.3 is 10.6 Å². The number of aryl methyl sites for hydroxylation is 2. The molecular formula is C20H20N2. The zero-order chi connectivity index (χ0) is 15.4. The fourth-order valence-electron chi connectivity index (χ4n) is 2.31. The summed E-state index contributed by atoms with van der Waals surface area (Å²) in [5.74, 6) is 0. The second kappa shape index (κ2) is 6.35. The lowest BCUT2D eigenvalue weighted by atomic mass is 10.2. The Morgan fingerprint density at radius 1 is 0.545 bits per heavy atom. The van der Waals surface area contributed by atoms with Crippen molar-refractivity contribution in [1.29, 1.82) is 0 Å². The first-order valence-corrected chi connectivity index (χ1v) is 7.47. The summed E-state index contributed by atoms with van der Waals surface area (Å²) in [5, 5.41) is 6.85. The zero-order valence-electron chi connectivity index (χ0n) is 12.9. The van der Waals surface area contributed by atoms with Crippen LogP contribution in [0.3, 0.4) is 0 Å². The monoisotopic (exact) mass is 288 g/mol. The van der Waals surface area contributed by atoms with Crippen LogP contribution in [-0.4, -0.2) is 0 Å². The first-order chi connectivity index (χ1) is 10.7. The van der Waals surface area contributed by atoms with Crippen LogP contribution in [0.2, 0.25) is 0 Å². The van der Waals surface area contributed by atoms with E-state index in [0.29, 0.717) is 0 Å². The Morgan fingerprint density at radius 3 is 1.64 bits per heavy atom. The van der Waals surface area contributed by atoms with Crippen molar-refractivity contribution in [3.63, 3.8) is 0 Å². The van der Waals surface area contributed by atoms with Crippen LogP contribution in [0.15, 0.2) is 72.8 Å². The Bertz CT molecular complexity index is 743. The quantitative estimate of drug-likeness (QED) is 0.635. The Morgan fingerprint density at radius 2 is 1.05 bits per heavy atom. The number of hydrogen-bond donors (Lipinski definition) is 2. The second-order valence-corrected chi connectivity index (χ2v) is 5.51.